The van der Waals surface area contributed by atoms with Crippen LogP contribution >= 0.6 is 0 Å². The van der Waals surface area contributed by atoms with E-state index < -0.39 is 0 Å². The van der Waals surface area contributed by atoms with Crippen LogP contribution in [-0.2, 0) is 0 Å². The topological polar surface area (TPSA) is 26.5 Å². The second-order valence-electron chi connectivity index (χ2n) is 4.28. The van der Waals surface area contributed by atoms with Crippen molar-refractivity contribution in [2.75, 3.05) is 7.11 Å². The molecule has 18 heavy (non-hydrogen) atoms. The molecule has 0 aliphatic rings. The molecule has 3 aromatic rings. The summed E-state index contributed by atoms with van der Waals surface area (Å²) in [5, 5.41) is 0. The van der Waals surface area contributed by atoms with Gasteiger partial charge in [-0.05, 0) is 25.1 Å². The maximum atomic E-state index is 5.34. The highest BCUT2D eigenvalue weighted by Gasteiger charge is 2.09. The minimum Gasteiger partial charge on any atom is -0.494 e. The highest BCUT2D eigenvalue weighted by Crippen LogP contribution is 2.25. The van der Waals surface area contributed by atoms with Gasteiger partial charge in [0.15, 0.2) is 0 Å². The van der Waals surface area contributed by atoms with Gasteiger partial charge in [-0.3, -0.25) is 4.40 Å². The molecule has 0 fully saturated rings. The maximum Gasteiger partial charge on any atom is 0.144 e. The Labute approximate surface area is 106 Å². The predicted octanol–water partition coefficient (Wildman–Crippen LogP) is 3.32. The third kappa shape index (κ3) is 1.64. The molecule has 0 N–H and O–H groups in total. The van der Waals surface area contributed by atoms with E-state index in [1.807, 2.05) is 35.0 Å². The number of nitrogens with zero attached hydrogens (tertiary/aromatic N) is 2. The molecule has 90 valence electrons. The third-order valence-electron chi connectivity index (χ3n) is 3.03. The van der Waals surface area contributed by atoms with Crippen LogP contribution in [0.2, 0.25) is 0 Å². The maximum absolute atomic E-state index is 5.34. The first kappa shape index (κ1) is 10.8. The lowest BCUT2D eigenvalue weighted by Gasteiger charge is -2.05. The molecule has 0 unspecified atom stereocenters. The summed E-state index contributed by atoms with van der Waals surface area (Å²) in [7, 11) is 1.68. The number of rotatable bonds is 2. The average Bonchev–Trinajstić information content (AvgIpc) is 2.82. The monoisotopic (exact) mass is 238 g/mol. The normalized spacial score (nSPS) is 10.8. The molecule has 3 rings (SSSR count). The molecular formula is C15H14N2O. The quantitative estimate of drug-likeness (QED) is 0.684. The molecule has 2 heterocycles. The number of benzene rings is 1. The summed E-state index contributed by atoms with van der Waals surface area (Å²) in [4.78, 5) is 4.50. The fourth-order valence-electron chi connectivity index (χ4n) is 2.17. The Bertz CT molecular complexity index is 701. The van der Waals surface area contributed by atoms with E-state index in [1.54, 1.807) is 7.11 Å². The average molecular weight is 238 g/mol. The molecule has 0 saturated carbocycles. The smallest absolute Gasteiger partial charge is 0.144 e. The first-order chi connectivity index (χ1) is 8.79. The largest absolute Gasteiger partial charge is 0.494 e. The van der Waals surface area contributed by atoms with Gasteiger partial charge < -0.3 is 4.74 Å². The molecule has 0 radical (unpaired) electrons. The van der Waals surface area contributed by atoms with Crippen LogP contribution in [0, 0.1) is 6.92 Å². The van der Waals surface area contributed by atoms with Crippen molar-refractivity contribution in [3.05, 3.63) is 54.4 Å². The van der Waals surface area contributed by atoms with Crippen molar-refractivity contribution in [3.63, 3.8) is 0 Å². The zero-order valence-corrected chi connectivity index (χ0v) is 10.4. The summed E-state index contributed by atoms with van der Waals surface area (Å²) >= 11 is 0. The second kappa shape index (κ2) is 4.18. The Morgan fingerprint density at radius 1 is 1.17 bits per heavy atom. The number of ether oxygens (including phenoxy) is 1. The van der Waals surface area contributed by atoms with Crippen LogP contribution in [0.5, 0.6) is 5.75 Å². The van der Waals surface area contributed by atoms with Crippen molar-refractivity contribution >= 4 is 5.52 Å². The van der Waals surface area contributed by atoms with Gasteiger partial charge in [0, 0.05) is 11.8 Å². The van der Waals surface area contributed by atoms with Gasteiger partial charge in [-0.15, -0.1) is 0 Å². The minimum atomic E-state index is 0.837. The number of pyridine rings is 1. The minimum absolute atomic E-state index is 0.837. The van der Waals surface area contributed by atoms with E-state index in [-0.39, 0.29) is 0 Å². The first-order valence-electron chi connectivity index (χ1n) is 5.86. The number of hydrogen-bond donors (Lipinski definition) is 0. The summed E-state index contributed by atoms with van der Waals surface area (Å²) in [5.74, 6) is 1.77. The summed E-state index contributed by atoms with van der Waals surface area (Å²) in [6.45, 7) is 2.08. The van der Waals surface area contributed by atoms with Crippen molar-refractivity contribution < 1.29 is 4.74 Å². The molecule has 0 aliphatic carbocycles. The third-order valence-corrected chi connectivity index (χ3v) is 3.03. The van der Waals surface area contributed by atoms with Crippen molar-refractivity contribution in [2.45, 2.75) is 6.92 Å². The van der Waals surface area contributed by atoms with Crippen LogP contribution in [0.1, 0.15) is 5.56 Å². The summed E-state index contributed by atoms with van der Waals surface area (Å²) in [5.41, 5.74) is 3.33. The van der Waals surface area contributed by atoms with Crippen molar-refractivity contribution in [1.82, 2.24) is 9.38 Å². The number of aromatic nitrogens is 2. The zero-order chi connectivity index (χ0) is 12.5. The molecular weight excluding hydrogens is 224 g/mol. The van der Waals surface area contributed by atoms with E-state index in [2.05, 4.69) is 30.1 Å². The standard InChI is InChI=1S/C15H14N2O/c1-11-5-3-6-12(9-11)15-16-10-13-14(18-2)7-4-8-17(13)15/h3-10H,1-2H3. The van der Waals surface area contributed by atoms with Crippen molar-refractivity contribution in [2.24, 2.45) is 0 Å². The zero-order valence-electron chi connectivity index (χ0n) is 10.4. The molecule has 3 nitrogen and oxygen atoms in total. The predicted molar refractivity (Wildman–Crippen MR) is 71.9 cm³/mol. The Hall–Kier alpha value is -2.29. The Balaban J connectivity index is 2.25. The van der Waals surface area contributed by atoms with Gasteiger partial charge in [0.05, 0.1) is 13.3 Å². The van der Waals surface area contributed by atoms with Gasteiger partial charge in [0.2, 0.25) is 0 Å². The lowest BCUT2D eigenvalue weighted by molar-refractivity contribution is 0.418. The van der Waals surface area contributed by atoms with E-state index in [4.69, 9.17) is 4.74 Å². The summed E-state index contributed by atoms with van der Waals surface area (Å²) < 4.78 is 7.39. The number of fused-ring (bicyclic) bond motifs is 1. The van der Waals surface area contributed by atoms with Crippen molar-refractivity contribution in [1.29, 1.82) is 0 Å². The van der Waals surface area contributed by atoms with Crippen molar-refractivity contribution in [3.8, 4) is 17.1 Å². The van der Waals surface area contributed by atoms with Crippen LogP contribution in [0.25, 0.3) is 16.9 Å². The highest BCUT2D eigenvalue weighted by atomic mass is 16.5. The van der Waals surface area contributed by atoms with Gasteiger partial charge in [0.25, 0.3) is 0 Å². The highest BCUT2D eigenvalue weighted by molar-refractivity contribution is 5.67. The summed E-state index contributed by atoms with van der Waals surface area (Å²) in [6.07, 6.45) is 3.85. The van der Waals surface area contributed by atoms with E-state index in [0.29, 0.717) is 0 Å². The van der Waals surface area contributed by atoms with Gasteiger partial charge in [-0.25, -0.2) is 4.98 Å². The van der Waals surface area contributed by atoms with Crippen LogP contribution < -0.4 is 4.74 Å². The van der Waals surface area contributed by atoms with E-state index in [0.717, 1.165) is 22.7 Å². The fraction of sp³-hybridized carbons (Fsp3) is 0.133. The molecule has 2 aromatic heterocycles. The van der Waals surface area contributed by atoms with E-state index in [9.17, 15) is 0 Å². The van der Waals surface area contributed by atoms with Gasteiger partial charge in [-0.1, -0.05) is 23.8 Å². The number of hydrogen-bond acceptors (Lipinski definition) is 2. The van der Waals surface area contributed by atoms with Crippen LogP contribution in [0.4, 0.5) is 0 Å². The Morgan fingerprint density at radius 2 is 2.06 bits per heavy atom. The van der Waals surface area contributed by atoms with Gasteiger partial charge in [-0.2, -0.15) is 0 Å². The van der Waals surface area contributed by atoms with Gasteiger partial charge >= 0.3 is 0 Å². The summed E-state index contributed by atoms with van der Waals surface area (Å²) in [6, 6.07) is 12.2. The van der Waals surface area contributed by atoms with Crippen LogP contribution in [0.3, 0.4) is 0 Å². The lowest BCUT2D eigenvalue weighted by atomic mass is 10.1. The number of methoxy groups -OCH3 is 1. The lowest BCUT2D eigenvalue weighted by Crippen LogP contribution is -1.91. The SMILES string of the molecule is COc1cccn2c(-c3cccc(C)c3)ncc12. The molecule has 0 aliphatic heterocycles. The molecule has 0 atom stereocenters. The number of aryl methyl sites for hydroxylation is 1. The van der Waals surface area contributed by atoms with E-state index >= 15 is 0 Å². The first-order valence-corrected chi connectivity index (χ1v) is 5.86. The van der Waals surface area contributed by atoms with Crippen LogP contribution in [0.15, 0.2) is 48.8 Å². The van der Waals surface area contributed by atoms with Crippen LogP contribution in [-0.4, -0.2) is 16.5 Å². The molecule has 1 aromatic carbocycles. The second-order valence-corrected chi connectivity index (χ2v) is 4.28. The Kier molecular flexibility index (Phi) is 2.52. The molecule has 0 spiro atoms. The van der Waals surface area contributed by atoms with E-state index in [1.165, 1.54) is 5.56 Å². The molecule has 3 heteroatoms. The molecule has 0 bridgehead atoms. The molecule has 0 saturated heterocycles. The Morgan fingerprint density at radius 3 is 2.83 bits per heavy atom. The molecule has 0 amide bonds. The fourth-order valence-corrected chi connectivity index (χ4v) is 2.17. The number of imidazole rings is 1. The van der Waals surface area contributed by atoms with Gasteiger partial charge in [0.1, 0.15) is 17.1 Å².